The smallest absolute Gasteiger partial charge is 0.229 e. The number of benzene rings is 1. The largest absolute Gasteiger partial charge is 0.327 e. The summed E-state index contributed by atoms with van der Waals surface area (Å²) in [6.45, 7) is 0. The molecule has 0 saturated heterocycles. The van der Waals surface area contributed by atoms with Crippen molar-refractivity contribution in [3.8, 4) is 5.69 Å². The molecule has 1 aromatic heterocycles. The molecular weight excluding hydrogens is 254 g/mol. The van der Waals surface area contributed by atoms with Crippen LogP contribution in [0.25, 0.3) is 5.69 Å². The zero-order valence-corrected chi connectivity index (χ0v) is 11.1. The maximum atomic E-state index is 12.1. The van der Waals surface area contributed by atoms with Crippen LogP contribution in [0.3, 0.4) is 0 Å². The van der Waals surface area contributed by atoms with E-state index in [-0.39, 0.29) is 17.9 Å². The maximum absolute atomic E-state index is 12.1. The summed E-state index contributed by atoms with van der Waals surface area (Å²) in [6.07, 6.45) is 5.96. The fourth-order valence-electron chi connectivity index (χ4n) is 2.59. The average molecular weight is 271 g/mol. The summed E-state index contributed by atoms with van der Waals surface area (Å²) in [5, 5.41) is 6.97. The standard InChI is InChI=1S/C14H17N5O/c15-13-3-1-2-12(13)14(20)18-10-4-6-11(7-5-10)19-9-16-8-17-19/h4-9,12-13H,1-3,15H2,(H,18,20). The number of carbonyl (C=O) groups excluding carboxylic acids is 1. The molecule has 0 spiro atoms. The third-order valence-corrected chi connectivity index (χ3v) is 3.72. The molecule has 1 heterocycles. The first-order valence-corrected chi connectivity index (χ1v) is 6.75. The van der Waals surface area contributed by atoms with Gasteiger partial charge in [-0.2, -0.15) is 5.10 Å². The lowest BCUT2D eigenvalue weighted by atomic mass is 10.0. The number of rotatable bonds is 3. The minimum atomic E-state index is -0.0648. The topological polar surface area (TPSA) is 85.8 Å². The van der Waals surface area contributed by atoms with E-state index in [2.05, 4.69) is 15.4 Å². The predicted octanol–water partition coefficient (Wildman–Crippen LogP) is 1.33. The molecule has 0 bridgehead atoms. The summed E-state index contributed by atoms with van der Waals surface area (Å²) in [5.74, 6) is -0.0477. The zero-order chi connectivity index (χ0) is 13.9. The van der Waals surface area contributed by atoms with E-state index in [1.54, 1.807) is 11.0 Å². The SMILES string of the molecule is NC1CCCC1C(=O)Nc1ccc(-n2cncn2)cc1. The van der Waals surface area contributed by atoms with Crippen molar-refractivity contribution in [2.75, 3.05) is 5.32 Å². The number of anilines is 1. The van der Waals surface area contributed by atoms with E-state index in [0.717, 1.165) is 30.6 Å². The van der Waals surface area contributed by atoms with Gasteiger partial charge in [0.2, 0.25) is 5.91 Å². The van der Waals surface area contributed by atoms with Crippen molar-refractivity contribution in [2.45, 2.75) is 25.3 Å². The summed E-state index contributed by atoms with van der Waals surface area (Å²) in [6, 6.07) is 7.48. The number of carbonyl (C=O) groups is 1. The highest BCUT2D eigenvalue weighted by Gasteiger charge is 2.30. The first kappa shape index (κ1) is 12.8. The summed E-state index contributed by atoms with van der Waals surface area (Å²) >= 11 is 0. The Morgan fingerprint density at radius 2 is 2.10 bits per heavy atom. The molecular formula is C14H17N5O. The Labute approximate surface area is 117 Å². The number of hydrogen-bond donors (Lipinski definition) is 2. The molecule has 2 unspecified atom stereocenters. The Hall–Kier alpha value is -2.21. The molecule has 1 aliphatic rings. The maximum Gasteiger partial charge on any atom is 0.229 e. The highest BCUT2D eigenvalue weighted by atomic mass is 16.1. The summed E-state index contributed by atoms with van der Waals surface area (Å²) in [7, 11) is 0. The van der Waals surface area contributed by atoms with Gasteiger partial charge in [0.1, 0.15) is 12.7 Å². The van der Waals surface area contributed by atoms with Gasteiger partial charge in [-0.25, -0.2) is 9.67 Å². The van der Waals surface area contributed by atoms with Crippen LogP contribution >= 0.6 is 0 Å². The van der Waals surface area contributed by atoms with Crippen LogP contribution in [-0.4, -0.2) is 26.7 Å². The first-order chi connectivity index (χ1) is 9.74. The molecule has 2 atom stereocenters. The van der Waals surface area contributed by atoms with Gasteiger partial charge in [0, 0.05) is 11.7 Å². The average Bonchev–Trinajstić information content (AvgIpc) is 3.10. The molecule has 1 amide bonds. The quantitative estimate of drug-likeness (QED) is 0.882. The van der Waals surface area contributed by atoms with Crippen LogP contribution in [0.15, 0.2) is 36.9 Å². The summed E-state index contributed by atoms with van der Waals surface area (Å²) < 4.78 is 1.67. The number of amides is 1. The van der Waals surface area contributed by atoms with Gasteiger partial charge in [0.05, 0.1) is 11.6 Å². The summed E-state index contributed by atoms with van der Waals surface area (Å²) in [5.41, 5.74) is 7.62. The predicted molar refractivity (Wildman–Crippen MR) is 75.3 cm³/mol. The van der Waals surface area contributed by atoms with Gasteiger partial charge in [0.25, 0.3) is 0 Å². The van der Waals surface area contributed by atoms with Crippen molar-refractivity contribution in [2.24, 2.45) is 11.7 Å². The fourth-order valence-corrected chi connectivity index (χ4v) is 2.59. The van der Waals surface area contributed by atoms with Crippen molar-refractivity contribution < 1.29 is 4.79 Å². The Balaban J connectivity index is 1.68. The van der Waals surface area contributed by atoms with Crippen LogP contribution in [-0.2, 0) is 4.79 Å². The highest BCUT2D eigenvalue weighted by Crippen LogP contribution is 2.25. The molecule has 1 aliphatic carbocycles. The Morgan fingerprint density at radius 1 is 1.30 bits per heavy atom. The van der Waals surface area contributed by atoms with E-state index < -0.39 is 0 Å². The number of hydrogen-bond acceptors (Lipinski definition) is 4. The third-order valence-electron chi connectivity index (χ3n) is 3.72. The van der Waals surface area contributed by atoms with Crippen molar-refractivity contribution in [1.82, 2.24) is 14.8 Å². The molecule has 6 nitrogen and oxygen atoms in total. The molecule has 0 radical (unpaired) electrons. The van der Waals surface area contributed by atoms with Gasteiger partial charge in [0.15, 0.2) is 0 Å². The molecule has 1 saturated carbocycles. The number of nitrogens with one attached hydrogen (secondary N) is 1. The van der Waals surface area contributed by atoms with Crippen LogP contribution in [0.1, 0.15) is 19.3 Å². The second-order valence-electron chi connectivity index (χ2n) is 5.08. The van der Waals surface area contributed by atoms with Crippen LogP contribution in [0.5, 0.6) is 0 Å². The van der Waals surface area contributed by atoms with Crippen LogP contribution < -0.4 is 11.1 Å². The van der Waals surface area contributed by atoms with E-state index in [0.29, 0.717) is 0 Å². The lowest BCUT2D eigenvalue weighted by Gasteiger charge is -2.15. The molecule has 3 rings (SSSR count). The third kappa shape index (κ3) is 2.55. The van der Waals surface area contributed by atoms with Gasteiger partial charge in [-0.15, -0.1) is 0 Å². The zero-order valence-electron chi connectivity index (χ0n) is 11.1. The van der Waals surface area contributed by atoms with E-state index in [1.807, 2.05) is 24.3 Å². The molecule has 20 heavy (non-hydrogen) atoms. The van der Waals surface area contributed by atoms with Gasteiger partial charge < -0.3 is 11.1 Å². The molecule has 104 valence electrons. The van der Waals surface area contributed by atoms with Gasteiger partial charge in [-0.05, 0) is 37.1 Å². The van der Waals surface area contributed by atoms with E-state index in [1.165, 1.54) is 6.33 Å². The lowest BCUT2D eigenvalue weighted by molar-refractivity contribution is -0.120. The molecule has 0 aliphatic heterocycles. The first-order valence-electron chi connectivity index (χ1n) is 6.75. The van der Waals surface area contributed by atoms with Crippen LogP contribution in [0.4, 0.5) is 5.69 Å². The van der Waals surface area contributed by atoms with Gasteiger partial charge in [-0.3, -0.25) is 4.79 Å². The number of nitrogens with zero attached hydrogens (tertiary/aromatic N) is 3. The van der Waals surface area contributed by atoms with Crippen molar-refractivity contribution in [3.63, 3.8) is 0 Å². The molecule has 1 aromatic carbocycles. The minimum absolute atomic E-state index is 0.00979. The highest BCUT2D eigenvalue weighted by molar-refractivity contribution is 5.93. The number of aromatic nitrogens is 3. The second kappa shape index (κ2) is 5.42. The minimum Gasteiger partial charge on any atom is -0.327 e. The Morgan fingerprint density at radius 3 is 2.70 bits per heavy atom. The second-order valence-corrected chi connectivity index (χ2v) is 5.08. The number of nitrogens with two attached hydrogens (primary N) is 1. The van der Waals surface area contributed by atoms with E-state index in [4.69, 9.17) is 5.73 Å². The normalized spacial score (nSPS) is 21.9. The molecule has 1 fully saturated rings. The lowest BCUT2D eigenvalue weighted by Crippen LogP contribution is -2.34. The van der Waals surface area contributed by atoms with Crippen molar-refractivity contribution >= 4 is 11.6 Å². The van der Waals surface area contributed by atoms with Gasteiger partial charge in [-0.1, -0.05) is 6.42 Å². The summed E-state index contributed by atoms with van der Waals surface area (Å²) in [4.78, 5) is 16.0. The molecule has 2 aromatic rings. The van der Waals surface area contributed by atoms with E-state index in [9.17, 15) is 4.79 Å². The Bertz CT molecular complexity index is 578. The van der Waals surface area contributed by atoms with E-state index >= 15 is 0 Å². The van der Waals surface area contributed by atoms with Gasteiger partial charge >= 0.3 is 0 Å². The molecule has 6 heteroatoms. The van der Waals surface area contributed by atoms with Crippen LogP contribution in [0.2, 0.25) is 0 Å². The van der Waals surface area contributed by atoms with Crippen LogP contribution in [0, 0.1) is 5.92 Å². The monoisotopic (exact) mass is 271 g/mol. The molecule has 3 N–H and O–H groups in total. The van der Waals surface area contributed by atoms with Crippen molar-refractivity contribution in [3.05, 3.63) is 36.9 Å². The Kier molecular flexibility index (Phi) is 3.47. The fraction of sp³-hybridized carbons (Fsp3) is 0.357. The van der Waals surface area contributed by atoms with Crippen molar-refractivity contribution in [1.29, 1.82) is 0 Å².